The number of urea groups is 1. The lowest BCUT2D eigenvalue weighted by atomic mass is 10.1. The summed E-state index contributed by atoms with van der Waals surface area (Å²) in [5.74, 6) is 0.646. The summed E-state index contributed by atoms with van der Waals surface area (Å²) < 4.78 is 1.66. The number of hydrogen-bond acceptors (Lipinski definition) is 5. The Morgan fingerprint density at radius 1 is 0.620 bits per heavy atom. The average Bonchev–Trinajstić information content (AvgIpc) is 3.75. The lowest BCUT2D eigenvalue weighted by molar-refractivity contribution is -0.132. The minimum atomic E-state index is -0.114. The molecule has 4 aliphatic heterocycles. The van der Waals surface area contributed by atoms with Gasteiger partial charge in [0.2, 0.25) is 17.7 Å². The molecule has 1 aromatic heterocycles. The second kappa shape index (κ2) is 17.4. The molecule has 0 aliphatic carbocycles. The minimum Gasteiger partial charge on any atom is -0.338 e. The lowest BCUT2D eigenvalue weighted by Gasteiger charge is -2.31. The van der Waals surface area contributed by atoms with E-state index >= 15 is 0 Å². The molecule has 2 N–H and O–H groups in total. The Bertz CT molecular complexity index is 1350. The normalized spacial score (nSPS) is 17.8. The molecule has 0 atom stereocenters. The Morgan fingerprint density at radius 2 is 1.18 bits per heavy atom. The van der Waals surface area contributed by atoms with Gasteiger partial charge in [0.1, 0.15) is 0 Å². The Hall–Kier alpha value is -3.83. The summed E-state index contributed by atoms with van der Waals surface area (Å²) in [6.07, 6.45) is 13.0. The summed E-state index contributed by atoms with van der Waals surface area (Å²) in [7, 11) is 0. The lowest BCUT2D eigenvalue weighted by Crippen LogP contribution is -2.43. The molecule has 0 spiro atoms. The van der Waals surface area contributed by atoms with Crippen LogP contribution in [0, 0.1) is 0 Å². The molecule has 12 nitrogen and oxygen atoms in total. The van der Waals surface area contributed by atoms with E-state index < -0.39 is 0 Å². The maximum absolute atomic E-state index is 11.1. The van der Waals surface area contributed by atoms with Gasteiger partial charge in [-0.25, -0.2) is 9.59 Å². The minimum absolute atomic E-state index is 0.0272. The Balaban J connectivity index is 0.000000312. The van der Waals surface area contributed by atoms with E-state index in [0.29, 0.717) is 12.3 Å². The van der Waals surface area contributed by atoms with Crippen LogP contribution in [0.15, 0.2) is 41.6 Å². The second-order valence-electron chi connectivity index (χ2n) is 17.7. The predicted molar refractivity (Wildman–Crippen MR) is 202 cm³/mol. The van der Waals surface area contributed by atoms with E-state index in [-0.39, 0.29) is 51.2 Å². The van der Waals surface area contributed by atoms with Gasteiger partial charge in [0.25, 0.3) is 0 Å². The molecule has 2 fully saturated rings. The molecule has 0 saturated carbocycles. The van der Waals surface area contributed by atoms with Crippen LogP contribution < -0.4 is 11.0 Å². The summed E-state index contributed by atoms with van der Waals surface area (Å²) in [5, 5.41) is 2.76. The van der Waals surface area contributed by atoms with Crippen LogP contribution in [0.2, 0.25) is 0 Å². The molecule has 0 unspecified atom stereocenters. The molecule has 12 heteroatoms. The van der Waals surface area contributed by atoms with Crippen LogP contribution in [-0.2, 0) is 19.9 Å². The molecular weight excluding hydrogens is 634 g/mol. The van der Waals surface area contributed by atoms with Crippen molar-refractivity contribution in [3.63, 3.8) is 0 Å². The zero-order valence-electron chi connectivity index (χ0n) is 33.7. The van der Waals surface area contributed by atoms with Gasteiger partial charge in [-0.05, 0) is 110 Å². The summed E-state index contributed by atoms with van der Waals surface area (Å²) >= 11 is 0. The van der Waals surface area contributed by atoms with Crippen molar-refractivity contribution in [2.24, 2.45) is 0 Å². The molecule has 50 heavy (non-hydrogen) atoms. The van der Waals surface area contributed by atoms with E-state index in [1.54, 1.807) is 27.9 Å². The summed E-state index contributed by atoms with van der Waals surface area (Å²) in [6.45, 7) is 33.9. The van der Waals surface area contributed by atoms with Gasteiger partial charge in [-0.3, -0.25) is 19.0 Å². The molecule has 1 aromatic rings. The largest absolute Gasteiger partial charge is 0.338 e. The third kappa shape index (κ3) is 14.2. The zero-order valence-corrected chi connectivity index (χ0v) is 33.7. The quantitative estimate of drug-likeness (QED) is 0.350. The van der Waals surface area contributed by atoms with E-state index in [9.17, 15) is 24.0 Å². The molecule has 0 bridgehead atoms. The van der Waals surface area contributed by atoms with E-state index in [1.807, 2.05) is 116 Å². The number of H-pyrrole nitrogens is 1. The number of carbonyl (C=O) groups is 4. The van der Waals surface area contributed by atoms with Gasteiger partial charge in [-0.15, -0.1) is 0 Å². The second-order valence-corrected chi connectivity index (χ2v) is 17.7. The first-order valence-corrected chi connectivity index (χ1v) is 17.7. The van der Waals surface area contributed by atoms with Gasteiger partial charge in [0.15, 0.2) is 0 Å². The van der Waals surface area contributed by atoms with Crippen LogP contribution in [-0.4, -0.2) is 101 Å². The van der Waals surface area contributed by atoms with Crippen molar-refractivity contribution in [3.8, 4) is 0 Å². The van der Waals surface area contributed by atoms with Crippen LogP contribution in [0.5, 0.6) is 0 Å². The van der Waals surface area contributed by atoms with Gasteiger partial charge in [0, 0.05) is 91.4 Å². The Kier molecular flexibility index (Phi) is 15.4. The number of aromatic nitrogens is 2. The van der Waals surface area contributed by atoms with Crippen molar-refractivity contribution in [1.82, 2.24) is 34.5 Å². The third-order valence-corrected chi connectivity index (χ3v) is 8.08. The molecule has 0 aromatic carbocycles. The van der Waals surface area contributed by atoms with Crippen LogP contribution in [0.1, 0.15) is 123 Å². The number of imidazole rings is 1. The van der Waals surface area contributed by atoms with Gasteiger partial charge >= 0.3 is 11.7 Å². The Morgan fingerprint density at radius 3 is 1.38 bits per heavy atom. The van der Waals surface area contributed by atoms with Crippen molar-refractivity contribution in [3.05, 3.63) is 47.3 Å². The number of amides is 5. The monoisotopic (exact) mass is 702 g/mol. The first kappa shape index (κ1) is 44.2. The number of carbonyl (C=O) groups excluding carboxylic acids is 4. The van der Waals surface area contributed by atoms with E-state index in [4.69, 9.17) is 0 Å². The van der Waals surface area contributed by atoms with Crippen LogP contribution in [0.3, 0.4) is 0 Å². The maximum atomic E-state index is 11.1. The number of likely N-dealkylation sites (tertiary alicyclic amines) is 1. The van der Waals surface area contributed by atoms with Crippen molar-refractivity contribution in [1.29, 1.82) is 0 Å². The SMILES string of the molecule is CC(C)(C)N1C=CCC1=O.CC(C)(C)N1CC=CC1=O.CC(C)(C)N1CCCC1=O.CC(C)(C)N1CCNC1=O.CC(C)(C)n1cc[nH]c1=O. The first-order chi connectivity index (χ1) is 22.6. The fourth-order valence-corrected chi connectivity index (χ4v) is 5.40. The van der Waals surface area contributed by atoms with E-state index in [2.05, 4.69) is 31.1 Å². The van der Waals surface area contributed by atoms with Crippen molar-refractivity contribution in [2.45, 2.75) is 151 Å². The Labute approximate surface area is 301 Å². The number of aromatic amines is 1. The molecule has 5 rings (SSSR count). The highest BCUT2D eigenvalue weighted by molar-refractivity contribution is 5.90. The van der Waals surface area contributed by atoms with E-state index in [0.717, 1.165) is 39.0 Å². The standard InChI is InChI=1S/C8H15NO.2C8H13NO.C7H14N2O.C7H12N2O/c3*1-8(2,3)9-6-4-5-7(9)10;2*1-7(2,3)9-5-4-8-6(9)10/h4-6H2,1-3H3;4,6H,5H2,1-3H3;4-5H,6H2,1-3H3;4-5H2,1-3H3,(H,8,10);4-5H,1-3H3,(H,8,10). The van der Waals surface area contributed by atoms with Crippen LogP contribution >= 0.6 is 0 Å². The molecule has 5 heterocycles. The topological polar surface area (TPSA) is 131 Å². The van der Waals surface area contributed by atoms with Crippen molar-refractivity contribution in [2.75, 3.05) is 26.2 Å². The van der Waals surface area contributed by atoms with Crippen LogP contribution in [0.25, 0.3) is 0 Å². The first-order valence-electron chi connectivity index (χ1n) is 17.7. The summed E-state index contributed by atoms with van der Waals surface area (Å²) in [6, 6.07) is 0.0625. The number of nitrogens with zero attached hydrogens (tertiary/aromatic N) is 5. The van der Waals surface area contributed by atoms with Gasteiger partial charge in [-0.2, -0.15) is 0 Å². The van der Waals surface area contributed by atoms with Gasteiger partial charge in [0.05, 0.1) is 0 Å². The van der Waals surface area contributed by atoms with Gasteiger partial charge < -0.3 is 29.9 Å². The third-order valence-electron chi connectivity index (χ3n) is 8.08. The molecule has 2 saturated heterocycles. The van der Waals surface area contributed by atoms with Crippen molar-refractivity contribution >= 4 is 23.8 Å². The molecular formula is C38H67N7O5. The van der Waals surface area contributed by atoms with Gasteiger partial charge in [-0.1, -0.05) is 12.2 Å². The maximum Gasteiger partial charge on any atom is 0.325 e. The number of rotatable bonds is 0. The average molecular weight is 702 g/mol. The summed E-state index contributed by atoms with van der Waals surface area (Å²) in [5.41, 5.74) is -0.233. The molecule has 284 valence electrons. The molecule has 0 radical (unpaired) electrons. The number of nitrogens with one attached hydrogen (secondary N) is 2. The number of hydrogen-bond donors (Lipinski definition) is 2. The molecule has 4 aliphatic rings. The highest BCUT2D eigenvalue weighted by atomic mass is 16.2. The van der Waals surface area contributed by atoms with Crippen LogP contribution in [0.4, 0.5) is 4.79 Å². The zero-order chi connectivity index (χ0) is 38.9. The summed E-state index contributed by atoms with van der Waals surface area (Å²) in [4.78, 5) is 65.3. The highest BCUT2D eigenvalue weighted by Gasteiger charge is 2.31. The fraction of sp³-hybridized carbons (Fsp3) is 0.711. The van der Waals surface area contributed by atoms with Crippen molar-refractivity contribution < 1.29 is 19.2 Å². The fourth-order valence-electron chi connectivity index (χ4n) is 5.40. The predicted octanol–water partition coefficient (Wildman–Crippen LogP) is 5.86. The smallest absolute Gasteiger partial charge is 0.325 e. The van der Waals surface area contributed by atoms with E-state index in [1.165, 1.54) is 0 Å². The highest BCUT2D eigenvalue weighted by Crippen LogP contribution is 2.21. The molecule has 5 amide bonds.